The molecule has 1 aromatic heterocycles. The van der Waals surface area contributed by atoms with Crippen LogP contribution in [0.2, 0.25) is 5.02 Å². The van der Waals surface area contributed by atoms with Gasteiger partial charge in [-0.15, -0.1) is 10.2 Å². The number of thioether (sulfide) groups is 1. The van der Waals surface area contributed by atoms with Gasteiger partial charge in [0.1, 0.15) is 0 Å². The lowest BCUT2D eigenvalue weighted by atomic mass is 10.1. The van der Waals surface area contributed by atoms with E-state index in [0.29, 0.717) is 15.7 Å². The van der Waals surface area contributed by atoms with Gasteiger partial charge in [0.25, 0.3) is 5.91 Å². The van der Waals surface area contributed by atoms with Crippen molar-refractivity contribution in [3.63, 3.8) is 0 Å². The van der Waals surface area contributed by atoms with Gasteiger partial charge in [-0.2, -0.15) is 0 Å². The third kappa shape index (κ3) is 4.90. The average molecular weight is 416 g/mol. The molecule has 3 rings (SSSR count). The topological polar surface area (TPSA) is 88.9 Å². The fraction of sp³-hybridized carbons (Fsp3) is 0.158. The van der Waals surface area contributed by atoms with E-state index in [1.807, 2.05) is 42.8 Å². The smallest absolute Gasteiger partial charge is 0.269 e. The summed E-state index contributed by atoms with van der Waals surface area (Å²) in [6, 6.07) is 14.3. The lowest BCUT2D eigenvalue weighted by Crippen LogP contribution is -2.42. The number of nitrogens with one attached hydrogen (secondary N) is 2. The minimum absolute atomic E-state index is 0.0840. The van der Waals surface area contributed by atoms with Crippen molar-refractivity contribution in [2.45, 2.75) is 12.1 Å². The van der Waals surface area contributed by atoms with Crippen molar-refractivity contribution < 1.29 is 9.59 Å². The van der Waals surface area contributed by atoms with E-state index in [1.54, 1.807) is 24.3 Å². The van der Waals surface area contributed by atoms with Crippen molar-refractivity contribution in [2.75, 3.05) is 5.75 Å². The number of hydrazine groups is 1. The minimum atomic E-state index is -0.421. The SMILES string of the molecule is Cc1cccc(-c2nnc(SCC(=O)NNC(=O)c3ccc(Cl)cc3)n2C)c1. The number of hydrogen-bond donors (Lipinski definition) is 2. The molecule has 0 spiro atoms. The van der Waals surface area contributed by atoms with Gasteiger partial charge in [-0.3, -0.25) is 20.4 Å². The Hall–Kier alpha value is -2.84. The van der Waals surface area contributed by atoms with Crippen LogP contribution in [0.1, 0.15) is 15.9 Å². The highest BCUT2D eigenvalue weighted by atomic mass is 35.5. The number of rotatable bonds is 5. The Balaban J connectivity index is 1.53. The van der Waals surface area contributed by atoms with Crippen molar-refractivity contribution in [1.29, 1.82) is 0 Å². The molecular weight excluding hydrogens is 398 g/mol. The summed E-state index contributed by atoms with van der Waals surface area (Å²) in [7, 11) is 1.85. The van der Waals surface area contributed by atoms with Crippen LogP contribution < -0.4 is 10.9 Å². The summed E-state index contributed by atoms with van der Waals surface area (Å²) >= 11 is 7.02. The number of halogens is 1. The van der Waals surface area contributed by atoms with Gasteiger partial charge in [0, 0.05) is 23.2 Å². The zero-order valence-corrected chi connectivity index (χ0v) is 16.8. The molecule has 0 saturated heterocycles. The second kappa shape index (κ2) is 8.90. The van der Waals surface area contributed by atoms with Crippen LogP contribution in [0, 0.1) is 6.92 Å². The van der Waals surface area contributed by atoms with Gasteiger partial charge in [0.2, 0.25) is 5.91 Å². The van der Waals surface area contributed by atoms with Crippen LogP contribution in [0.15, 0.2) is 53.7 Å². The molecule has 0 unspecified atom stereocenters. The second-order valence-corrected chi connectivity index (χ2v) is 7.41. The first kappa shape index (κ1) is 19.9. The maximum atomic E-state index is 12.0. The van der Waals surface area contributed by atoms with E-state index in [1.165, 1.54) is 11.8 Å². The molecule has 1 heterocycles. The predicted octanol–water partition coefficient (Wildman–Crippen LogP) is 3.00. The first-order valence-corrected chi connectivity index (χ1v) is 9.74. The number of carbonyl (C=O) groups excluding carboxylic acids is 2. The zero-order chi connectivity index (χ0) is 20.1. The molecule has 0 radical (unpaired) electrons. The minimum Gasteiger partial charge on any atom is -0.305 e. The summed E-state index contributed by atoms with van der Waals surface area (Å²) < 4.78 is 1.83. The molecule has 0 saturated carbocycles. The fourth-order valence-corrected chi connectivity index (χ4v) is 3.28. The van der Waals surface area contributed by atoms with Gasteiger partial charge in [-0.05, 0) is 37.3 Å². The molecule has 2 N–H and O–H groups in total. The average Bonchev–Trinajstić information content (AvgIpc) is 3.05. The molecule has 3 aromatic rings. The molecule has 0 aliphatic carbocycles. The van der Waals surface area contributed by atoms with E-state index in [9.17, 15) is 9.59 Å². The van der Waals surface area contributed by atoms with E-state index in [4.69, 9.17) is 11.6 Å². The summed E-state index contributed by atoms with van der Waals surface area (Å²) in [6.07, 6.45) is 0. The first-order valence-electron chi connectivity index (χ1n) is 8.38. The molecule has 2 amide bonds. The van der Waals surface area contributed by atoms with E-state index < -0.39 is 5.91 Å². The largest absolute Gasteiger partial charge is 0.305 e. The Morgan fingerprint density at radius 3 is 2.57 bits per heavy atom. The Bertz CT molecular complexity index is 1000. The molecule has 2 aromatic carbocycles. The second-order valence-electron chi connectivity index (χ2n) is 6.03. The molecule has 9 heteroatoms. The highest BCUT2D eigenvalue weighted by molar-refractivity contribution is 7.99. The first-order chi connectivity index (χ1) is 13.4. The van der Waals surface area contributed by atoms with E-state index in [2.05, 4.69) is 21.0 Å². The standard InChI is InChI=1S/C19H18ClN5O2S/c1-12-4-3-5-14(10-12)17-22-24-19(25(17)2)28-11-16(26)21-23-18(27)13-6-8-15(20)9-7-13/h3-10H,11H2,1-2H3,(H,21,26)(H,23,27). The predicted molar refractivity (Wildman–Crippen MR) is 109 cm³/mol. The summed E-state index contributed by atoms with van der Waals surface area (Å²) in [5.74, 6) is 0.0335. The molecule has 7 nitrogen and oxygen atoms in total. The van der Waals surface area contributed by atoms with Crippen LogP contribution in [-0.2, 0) is 11.8 Å². The summed E-state index contributed by atoms with van der Waals surface area (Å²) in [6.45, 7) is 2.01. The monoisotopic (exact) mass is 415 g/mol. The maximum absolute atomic E-state index is 12.0. The number of hydrogen-bond acceptors (Lipinski definition) is 5. The van der Waals surface area contributed by atoms with Crippen LogP contribution in [0.4, 0.5) is 0 Å². The van der Waals surface area contributed by atoms with Crippen molar-refractivity contribution in [3.8, 4) is 11.4 Å². The van der Waals surface area contributed by atoms with Crippen molar-refractivity contribution >= 4 is 35.2 Å². The number of benzene rings is 2. The van der Waals surface area contributed by atoms with Gasteiger partial charge in [0.15, 0.2) is 11.0 Å². The van der Waals surface area contributed by atoms with Gasteiger partial charge in [-0.1, -0.05) is 47.1 Å². The van der Waals surface area contributed by atoms with E-state index in [0.717, 1.165) is 17.0 Å². The Morgan fingerprint density at radius 1 is 1.11 bits per heavy atom. The molecule has 0 atom stereocenters. The zero-order valence-electron chi connectivity index (χ0n) is 15.3. The molecule has 0 fully saturated rings. The van der Waals surface area contributed by atoms with Crippen LogP contribution in [0.3, 0.4) is 0 Å². The van der Waals surface area contributed by atoms with Gasteiger partial charge in [0.05, 0.1) is 5.75 Å². The lowest BCUT2D eigenvalue weighted by molar-refractivity contribution is -0.119. The Morgan fingerprint density at radius 2 is 1.86 bits per heavy atom. The number of aromatic nitrogens is 3. The molecule has 0 aliphatic rings. The number of carbonyl (C=O) groups is 2. The van der Waals surface area contributed by atoms with Gasteiger partial charge in [-0.25, -0.2) is 0 Å². The Kier molecular flexibility index (Phi) is 6.33. The number of nitrogens with zero attached hydrogens (tertiary/aromatic N) is 3. The highest BCUT2D eigenvalue weighted by Crippen LogP contribution is 2.23. The number of aryl methyl sites for hydroxylation is 1. The Labute approximate surface area is 171 Å². The highest BCUT2D eigenvalue weighted by Gasteiger charge is 2.13. The van der Waals surface area contributed by atoms with Gasteiger partial charge >= 0.3 is 0 Å². The normalized spacial score (nSPS) is 10.5. The van der Waals surface area contributed by atoms with Crippen molar-refractivity contribution in [3.05, 3.63) is 64.7 Å². The fourth-order valence-electron chi connectivity index (χ4n) is 2.44. The van der Waals surface area contributed by atoms with E-state index >= 15 is 0 Å². The van der Waals surface area contributed by atoms with Crippen molar-refractivity contribution in [2.24, 2.45) is 7.05 Å². The maximum Gasteiger partial charge on any atom is 0.269 e. The molecule has 0 aliphatic heterocycles. The summed E-state index contributed by atoms with van der Waals surface area (Å²) in [4.78, 5) is 24.0. The summed E-state index contributed by atoms with van der Waals surface area (Å²) in [5, 5.41) is 9.49. The van der Waals surface area contributed by atoms with Crippen LogP contribution in [-0.4, -0.2) is 32.3 Å². The molecule has 144 valence electrons. The third-order valence-corrected chi connectivity index (χ3v) is 5.14. The molecular formula is C19H18ClN5O2S. The van der Waals surface area contributed by atoms with Crippen LogP contribution >= 0.6 is 23.4 Å². The van der Waals surface area contributed by atoms with E-state index in [-0.39, 0.29) is 11.7 Å². The lowest BCUT2D eigenvalue weighted by Gasteiger charge is -2.07. The van der Waals surface area contributed by atoms with Crippen molar-refractivity contribution in [1.82, 2.24) is 25.6 Å². The number of amides is 2. The van der Waals surface area contributed by atoms with Crippen LogP contribution in [0.5, 0.6) is 0 Å². The van der Waals surface area contributed by atoms with Gasteiger partial charge < -0.3 is 4.57 Å². The molecule has 0 bridgehead atoms. The third-order valence-electron chi connectivity index (χ3n) is 3.87. The van der Waals surface area contributed by atoms with Crippen LogP contribution in [0.25, 0.3) is 11.4 Å². The summed E-state index contributed by atoms with van der Waals surface area (Å²) in [5.41, 5.74) is 7.24. The molecule has 28 heavy (non-hydrogen) atoms. The quantitative estimate of drug-likeness (QED) is 0.494.